The van der Waals surface area contributed by atoms with Gasteiger partial charge in [-0.25, -0.2) is 8.42 Å². The van der Waals surface area contributed by atoms with Crippen molar-refractivity contribution in [2.75, 3.05) is 39.3 Å². The van der Waals surface area contributed by atoms with Crippen LogP contribution in [-0.4, -0.2) is 62.8 Å². The molecule has 2 saturated heterocycles. The molecule has 0 saturated carbocycles. The molecule has 0 radical (unpaired) electrons. The Balaban J connectivity index is 1.41. The first kappa shape index (κ1) is 22.0. The van der Waals surface area contributed by atoms with Crippen LogP contribution in [0, 0.1) is 11.8 Å². The minimum Gasteiger partial charge on any atom is -0.356 e. The highest BCUT2D eigenvalue weighted by Gasteiger charge is 2.34. The standard InChI is InChI=1S/C19H30ClN3O3S2/c1-15(19(24)21-9-4-12-22-10-2-3-11-22)16-7-13-23(14-8-16)28(25,26)18-6-5-17(20)27-18/h5-6,15-16H,2-4,7-14H2,1H3,(H,21,24). The summed E-state index contributed by atoms with van der Waals surface area (Å²) in [5.74, 6) is 0.220. The summed E-state index contributed by atoms with van der Waals surface area (Å²) in [4.78, 5) is 14.9. The minimum atomic E-state index is -3.47. The molecule has 2 aliphatic heterocycles. The van der Waals surface area contributed by atoms with E-state index in [0.29, 0.717) is 41.0 Å². The normalized spacial score (nSPS) is 21.1. The topological polar surface area (TPSA) is 69.7 Å². The number of halogens is 1. The van der Waals surface area contributed by atoms with E-state index in [2.05, 4.69) is 10.2 Å². The fourth-order valence-corrected chi connectivity index (χ4v) is 7.18. The van der Waals surface area contributed by atoms with Gasteiger partial charge < -0.3 is 10.2 Å². The number of rotatable bonds is 8. The molecule has 158 valence electrons. The van der Waals surface area contributed by atoms with Crippen molar-refractivity contribution in [3.63, 3.8) is 0 Å². The molecule has 3 heterocycles. The van der Waals surface area contributed by atoms with Crippen LogP contribution in [0.1, 0.15) is 39.0 Å². The van der Waals surface area contributed by atoms with Crippen molar-refractivity contribution in [1.29, 1.82) is 0 Å². The highest BCUT2D eigenvalue weighted by Crippen LogP contribution is 2.32. The number of hydrogen-bond acceptors (Lipinski definition) is 5. The van der Waals surface area contributed by atoms with Crippen molar-refractivity contribution in [1.82, 2.24) is 14.5 Å². The van der Waals surface area contributed by atoms with Gasteiger partial charge >= 0.3 is 0 Å². The van der Waals surface area contributed by atoms with Crippen molar-refractivity contribution in [2.45, 2.75) is 43.2 Å². The molecule has 1 aromatic rings. The Hall–Kier alpha value is -0.670. The van der Waals surface area contributed by atoms with Crippen LogP contribution in [0.15, 0.2) is 16.3 Å². The highest BCUT2D eigenvalue weighted by atomic mass is 35.5. The Morgan fingerprint density at radius 2 is 1.93 bits per heavy atom. The van der Waals surface area contributed by atoms with Crippen LogP contribution in [0.5, 0.6) is 0 Å². The van der Waals surface area contributed by atoms with Crippen molar-refractivity contribution in [3.8, 4) is 0 Å². The quantitative estimate of drug-likeness (QED) is 0.622. The Bertz CT molecular complexity index is 754. The lowest BCUT2D eigenvalue weighted by atomic mass is 9.85. The number of hydrogen-bond donors (Lipinski definition) is 1. The summed E-state index contributed by atoms with van der Waals surface area (Å²) in [6, 6.07) is 3.18. The smallest absolute Gasteiger partial charge is 0.252 e. The van der Waals surface area contributed by atoms with E-state index < -0.39 is 10.0 Å². The highest BCUT2D eigenvalue weighted by molar-refractivity contribution is 7.91. The van der Waals surface area contributed by atoms with E-state index in [1.54, 1.807) is 12.1 Å². The molecule has 0 spiro atoms. The molecule has 2 aliphatic rings. The van der Waals surface area contributed by atoms with Crippen molar-refractivity contribution < 1.29 is 13.2 Å². The first-order valence-electron chi connectivity index (χ1n) is 10.1. The first-order chi connectivity index (χ1) is 13.4. The monoisotopic (exact) mass is 447 g/mol. The van der Waals surface area contributed by atoms with Gasteiger partial charge in [0.05, 0.1) is 4.34 Å². The van der Waals surface area contributed by atoms with Crippen LogP contribution < -0.4 is 5.32 Å². The third-order valence-corrected chi connectivity index (χ3v) is 9.51. The molecule has 9 heteroatoms. The van der Waals surface area contributed by atoms with Gasteiger partial charge in [0.25, 0.3) is 10.0 Å². The molecular formula is C19H30ClN3O3S2. The van der Waals surface area contributed by atoms with Crippen molar-refractivity contribution in [3.05, 3.63) is 16.5 Å². The summed E-state index contributed by atoms with van der Waals surface area (Å²) in [5.41, 5.74) is 0. The zero-order valence-electron chi connectivity index (χ0n) is 16.4. The number of sulfonamides is 1. The second kappa shape index (κ2) is 9.89. The van der Waals surface area contributed by atoms with E-state index in [0.717, 1.165) is 24.3 Å². The molecule has 2 fully saturated rings. The van der Waals surface area contributed by atoms with Crippen LogP contribution in [0.4, 0.5) is 0 Å². The molecular weight excluding hydrogens is 418 g/mol. The predicted molar refractivity (Wildman–Crippen MR) is 113 cm³/mol. The van der Waals surface area contributed by atoms with Crippen molar-refractivity contribution >= 4 is 38.9 Å². The van der Waals surface area contributed by atoms with Crippen LogP contribution in [0.3, 0.4) is 0 Å². The van der Waals surface area contributed by atoms with Crippen LogP contribution >= 0.6 is 22.9 Å². The molecule has 0 aliphatic carbocycles. The maximum Gasteiger partial charge on any atom is 0.252 e. The molecule has 1 amide bonds. The lowest BCUT2D eigenvalue weighted by Gasteiger charge is -2.33. The summed E-state index contributed by atoms with van der Waals surface area (Å²) in [7, 11) is -3.47. The first-order valence-corrected chi connectivity index (χ1v) is 12.8. The number of amides is 1. The lowest BCUT2D eigenvalue weighted by molar-refractivity contribution is -0.126. The van der Waals surface area contributed by atoms with Crippen LogP contribution in [0.2, 0.25) is 4.34 Å². The summed E-state index contributed by atoms with van der Waals surface area (Å²) >= 11 is 6.97. The molecule has 0 bridgehead atoms. The number of carbonyl (C=O) groups is 1. The van der Waals surface area contributed by atoms with Gasteiger partial charge in [0.2, 0.25) is 5.91 Å². The summed E-state index contributed by atoms with van der Waals surface area (Å²) < 4.78 is 27.7. The second-order valence-electron chi connectivity index (χ2n) is 7.78. The summed E-state index contributed by atoms with van der Waals surface area (Å²) in [5, 5.41) is 3.06. The zero-order valence-corrected chi connectivity index (χ0v) is 18.8. The van der Waals surface area contributed by atoms with Gasteiger partial charge in [-0.3, -0.25) is 4.79 Å². The summed E-state index contributed by atoms with van der Waals surface area (Å²) in [6.07, 6.45) is 4.98. The third-order valence-electron chi connectivity index (χ3n) is 5.91. The van der Waals surface area contributed by atoms with Gasteiger partial charge in [0.15, 0.2) is 0 Å². The van der Waals surface area contributed by atoms with Crippen molar-refractivity contribution in [2.24, 2.45) is 11.8 Å². The minimum absolute atomic E-state index is 0.0900. The molecule has 1 atom stereocenters. The van der Waals surface area contributed by atoms with Gasteiger partial charge in [-0.1, -0.05) is 18.5 Å². The SMILES string of the molecule is CC(C(=O)NCCCN1CCCC1)C1CCN(S(=O)(=O)c2ccc(Cl)s2)CC1. The molecule has 3 rings (SSSR count). The van der Waals surface area contributed by atoms with Crippen LogP contribution in [0.25, 0.3) is 0 Å². The molecule has 28 heavy (non-hydrogen) atoms. The maximum atomic E-state index is 12.7. The average molecular weight is 448 g/mol. The number of nitrogens with one attached hydrogen (secondary N) is 1. The van der Waals surface area contributed by atoms with Gasteiger partial charge in [-0.05, 0) is 69.8 Å². The second-order valence-corrected chi connectivity index (χ2v) is 11.7. The Morgan fingerprint density at radius 1 is 1.25 bits per heavy atom. The number of piperidine rings is 1. The molecule has 1 N–H and O–H groups in total. The Morgan fingerprint density at radius 3 is 2.54 bits per heavy atom. The number of nitrogens with zero attached hydrogens (tertiary/aromatic N) is 2. The predicted octanol–water partition coefficient (Wildman–Crippen LogP) is 3.04. The Kier molecular flexibility index (Phi) is 7.78. The van der Waals surface area contributed by atoms with Crippen LogP contribution in [-0.2, 0) is 14.8 Å². The molecule has 0 aromatic carbocycles. The number of thiophene rings is 1. The largest absolute Gasteiger partial charge is 0.356 e. The molecule has 1 unspecified atom stereocenters. The lowest BCUT2D eigenvalue weighted by Crippen LogP contribution is -2.42. The summed E-state index contributed by atoms with van der Waals surface area (Å²) in [6.45, 7) is 7.00. The number of likely N-dealkylation sites (tertiary alicyclic amines) is 1. The van der Waals surface area contributed by atoms with E-state index in [9.17, 15) is 13.2 Å². The molecule has 6 nitrogen and oxygen atoms in total. The van der Waals surface area contributed by atoms with Gasteiger partial charge in [-0.2, -0.15) is 4.31 Å². The third kappa shape index (κ3) is 5.48. The molecule has 1 aromatic heterocycles. The number of carbonyl (C=O) groups excluding carboxylic acids is 1. The van der Waals surface area contributed by atoms with E-state index in [-0.39, 0.29) is 17.7 Å². The zero-order chi connectivity index (χ0) is 20.1. The van der Waals surface area contributed by atoms with Gasteiger partial charge in [0.1, 0.15) is 4.21 Å². The van der Waals surface area contributed by atoms with E-state index in [1.165, 1.54) is 30.2 Å². The maximum absolute atomic E-state index is 12.7. The van der Waals surface area contributed by atoms with Gasteiger partial charge in [-0.15, -0.1) is 11.3 Å². The fraction of sp³-hybridized carbons (Fsp3) is 0.737. The van der Waals surface area contributed by atoms with Gasteiger partial charge in [0, 0.05) is 25.6 Å². The fourth-order valence-electron chi connectivity index (χ4n) is 4.08. The van der Waals surface area contributed by atoms with E-state index >= 15 is 0 Å². The average Bonchev–Trinajstić information content (AvgIpc) is 3.36. The Labute approximate surface area is 177 Å². The van der Waals surface area contributed by atoms with E-state index in [1.807, 2.05) is 6.92 Å². The van der Waals surface area contributed by atoms with E-state index in [4.69, 9.17) is 11.6 Å².